The lowest BCUT2D eigenvalue weighted by Crippen LogP contribution is -2.33. The van der Waals surface area contributed by atoms with Crippen LogP contribution in [0.3, 0.4) is 0 Å². The molecule has 1 aromatic heterocycles. The van der Waals surface area contributed by atoms with Gasteiger partial charge in [0.1, 0.15) is 6.61 Å². The van der Waals surface area contributed by atoms with Crippen molar-refractivity contribution in [1.29, 1.82) is 0 Å². The first-order chi connectivity index (χ1) is 13.7. The molecule has 0 bridgehead atoms. The maximum atomic E-state index is 6.15. The van der Waals surface area contributed by atoms with Gasteiger partial charge in [0.05, 0.1) is 18.3 Å². The quantitative estimate of drug-likeness (QED) is 0.859. The van der Waals surface area contributed by atoms with Crippen LogP contribution in [0.5, 0.6) is 11.5 Å². The number of benzene rings is 1. The third kappa shape index (κ3) is 3.51. The average Bonchev–Trinajstić information content (AvgIpc) is 3.49. The largest absolute Gasteiger partial charge is 0.486 e. The summed E-state index contributed by atoms with van der Waals surface area (Å²) in [5.74, 6) is 2.49. The normalized spacial score (nSPS) is 22.7. The lowest BCUT2D eigenvalue weighted by atomic mass is 10.1. The lowest BCUT2D eigenvalue weighted by Gasteiger charge is -2.27. The number of fused-ring (bicyclic) bond motifs is 1. The van der Waals surface area contributed by atoms with E-state index in [4.69, 9.17) is 9.47 Å². The highest BCUT2D eigenvalue weighted by Crippen LogP contribution is 2.32. The molecule has 1 fully saturated rings. The Morgan fingerprint density at radius 2 is 2.07 bits per heavy atom. The maximum absolute atomic E-state index is 6.15. The van der Waals surface area contributed by atoms with Gasteiger partial charge in [0, 0.05) is 22.7 Å². The molecule has 3 heterocycles. The molecule has 1 N–H and O–H groups in total. The highest BCUT2D eigenvalue weighted by molar-refractivity contribution is 8.14. The van der Waals surface area contributed by atoms with E-state index < -0.39 is 0 Å². The zero-order valence-corrected chi connectivity index (χ0v) is 17.0. The fourth-order valence-corrected chi connectivity index (χ4v) is 4.45. The van der Waals surface area contributed by atoms with Crippen molar-refractivity contribution in [2.24, 2.45) is 10.1 Å². The summed E-state index contributed by atoms with van der Waals surface area (Å²) in [6, 6.07) is 10.6. The van der Waals surface area contributed by atoms with Crippen molar-refractivity contribution in [3.63, 3.8) is 0 Å². The Morgan fingerprint density at radius 1 is 1.25 bits per heavy atom. The molecular weight excluding hydrogens is 372 g/mol. The molecule has 146 valence electrons. The Bertz CT molecular complexity index is 961. The van der Waals surface area contributed by atoms with E-state index in [1.807, 2.05) is 24.3 Å². The van der Waals surface area contributed by atoms with Crippen molar-refractivity contribution in [3.05, 3.63) is 47.3 Å². The molecule has 5 rings (SSSR count). The van der Waals surface area contributed by atoms with E-state index in [9.17, 15) is 0 Å². The van der Waals surface area contributed by atoms with Crippen LogP contribution in [0.4, 0.5) is 0 Å². The Hall–Kier alpha value is -2.41. The number of amidine groups is 1. The van der Waals surface area contributed by atoms with Gasteiger partial charge >= 0.3 is 0 Å². The molecule has 0 unspecified atom stereocenters. The molecule has 6 nitrogen and oxygen atoms in total. The Balaban J connectivity index is 1.32. The van der Waals surface area contributed by atoms with Gasteiger partial charge in [0.25, 0.3) is 0 Å². The number of aromatic nitrogens is 1. The van der Waals surface area contributed by atoms with Crippen molar-refractivity contribution < 1.29 is 9.47 Å². The van der Waals surface area contributed by atoms with Gasteiger partial charge in [0.15, 0.2) is 22.8 Å². The lowest BCUT2D eigenvalue weighted by molar-refractivity contribution is 0.0778. The molecule has 2 aliphatic heterocycles. The molecule has 1 aliphatic carbocycles. The summed E-state index contributed by atoms with van der Waals surface area (Å²) in [7, 11) is 0. The number of nitrogens with one attached hydrogen (secondary N) is 1. The van der Waals surface area contributed by atoms with E-state index in [2.05, 4.69) is 40.0 Å². The number of hydrazone groups is 1. The fourth-order valence-electron chi connectivity index (χ4n) is 3.62. The smallest absolute Gasteiger partial charge is 0.177 e. The van der Waals surface area contributed by atoms with Gasteiger partial charge in [-0.1, -0.05) is 23.9 Å². The monoisotopic (exact) mass is 396 g/mol. The summed E-state index contributed by atoms with van der Waals surface area (Å²) in [6.07, 6.45) is 2.41. The number of aryl methyl sites for hydroxylation is 1. The molecular formula is C21H24N4O2S. The third-order valence-electron chi connectivity index (χ3n) is 5.32. The second kappa shape index (κ2) is 7.20. The summed E-state index contributed by atoms with van der Waals surface area (Å²) in [4.78, 5) is 4.64. The van der Waals surface area contributed by atoms with Gasteiger partial charge in [-0.05, 0) is 44.9 Å². The van der Waals surface area contributed by atoms with Crippen LogP contribution < -0.4 is 14.9 Å². The molecule has 1 aromatic carbocycles. The number of thioether (sulfide) groups is 1. The molecule has 0 saturated heterocycles. The highest BCUT2D eigenvalue weighted by atomic mass is 32.2. The van der Waals surface area contributed by atoms with Gasteiger partial charge in [-0.3, -0.25) is 10.4 Å². The molecule has 28 heavy (non-hydrogen) atoms. The van der Waals surface area contributed by atoms with Crippen molar-refractivity contribution in [3.8, 4) is 11.5 Å². The minimum Gasteiger partial charge on any atom is -0.486 e. The van der Waals surface area contributed by atoms with Crippen molar-refractivity contribution in [1.82, 2.24) is 9.99 Å². The molecule has 0 spiro atoms. The first-order valence-electron chi connectivity index (χ1n) is 9.76. The first-order valence-corrected chi connectivity index (χ1v) is 10.7. The standard InChI is InChI=1S/C21H24N4O2S/c1-13-9-17(18-12-28-21(24-23-18)22-15-7-8-15)14(2)25(13)10-16-11-26-19-5-3-4-6-20(19)27-16/h3-6,9,15-16H,7-8,10-12H2,1-2H3,(H,22,24)/t16-/m0/s1. The Morgan fingerprint density at radius 3 is 2.82 bits per heavy atom. The number of ether oxygens (including phenoxy) is 2. The Kier molecular flexibility index (Phi) is 4.55. The number of hydrogen-bond donors (Lipinski definition) is 1. The summed E-state index contributed by atoms with van der Waals surface area (Å²) < 4.78 is 14.3. The van der Waals surface area contributed by atoms with E-state index in [-0.39, 0.29) is 6.10 Å². The van der Waals surface area contributed by atoms with Gasteiger partial charge < -0.3 is 14.0 Å². The van der Waals surface area contributed by atoms with Crippen LogP contribution in [-0.2, 0) is 6.54 Å². The van der Waals surface area contributed by atoms with E-state index in [0.29, 0.717) is 12.6 Å². The van der Waals surface area contributed by atoms with Crippen LogP contribution in [-0.4, -0.2) is 40.0 Å². The second-order valence-electron chi connectivity index (χ2n) is 7.52. The van der Waals surface area contributed by atoms with Crippen LogP contribution in [0, 0.1) is 13.8 Å². The van der Waals surface area contributed by atoms with E-state index in [1.165, 1.54) is 29.8 Å². The van der Waals surface area contributed by atoms with Crippen LogP contribution in [0.25, 0.3) is 0 Å². The molecule has 1 saturated carbocycles. The van der Waals surface area contributed by atoms with Crippen LogP contribution >= 0.6 is 11.8 Å². The topological polar surface area (TPSA) is 60.1 Å². The second-order valence-corrected chi connectivity index (χ2v) is 8.48. The maximum Gasteiger partial charge on any atom is 0.177 e. The zero-order valence-electron chi connectivity index (χ0n) is 16.1. The number of rotatable bonds is 4. The first kappa shape index (κ1) is 17.7. The summed E-state index contributed by atoms with van der Waals surface area (Å²) >= 11 is 1.74. The van der Waals surface area contributed by atoms with Crippen molar-refractivity contribution in [2.45, 2.75) is 45.4 Å². The summed E-state index contributed by atoms with van der Waals surface area (Å²) in [5, 5.41) is 5.55. The van der Waals surface area contributed by atoms with E-state index in [0.717, 1.165) is 34.7 Å². The van der Waals surface area contributed by atoms with Crippen molar-refractivity contribution in [2.75, 3.05) is 12.4 Å². The third-order valence-corrected chi connectivity index (χ3v) is 6.20. The van der Waals surface area contributed by atoms with E-state index >= 15 is 0 Å². The summed E-state index contributed by atoms with van der Waals surface area (Å²) in [6.45, 7) is 5.61. The number of hydrogen-bond acceptors (Lipinski definition) is 5. The van der Waals surface area contributed by atoms with Gasteiger partial charge in [-0.15, -0.1) is 0 Å². The molecule has 3 aliphatic rings. The van der Waals surface area contributed by atoms with Gasteiger partial charge in [0.2, 0.25) is 0 Å². The van der Waals surface area contributed by atoms with E-state index in [1.54, 1.807) is 11.8 Å². The molecule has 0 radical (unpaired) electrons. The number of aliphatic imine (C=N–C) groups is 1. The van der Waals surface area contributed by atoms with Crippen LogP contribution in [0.2, 0.25) is 0 Å². The Labute approximate surface area is 169 Å². The van der Waals surface area contributed by atoms with Gasteiger partial charge in [-0.25, -0.2) is 0 Å². The van der Waals surface area contributed by atoms with Crippen molar-refractivity contribution >= 4 is 22.6 Å². The molecule has 0 amide bonds. The fraction of sp³-hybridized carbons (Fsp3) is 0.429. The minimum atomic E-state index is -0.00868. The highest BCUT2D eigenvalue weighted by Gasteiger charge is 2.25. The summed E-state index contributed by atoms with van der Waals surface area (Å²) in [5.41, 5.74) is 7.82. The average molecular weight is 397 g/mol. The van der Waals surface area contributed by atoms with Gasteiger partial charge in [-0.2, -0.15) is 5.10 Å². The zero-order chi connectivity index (χ0) is 19.1. The van der Waals surface area contributed by atoms with Crippen LogP contribution in [0.15, 0.2) is 40.4 Å². The molecule has 2 aromatic rings. The predicted molar refractivity (Wildman–Crippen MR) is 113 cm³/mol. The van der Waals surface area contributed by atoms with Crippen LogP contribution in [0.1, 0.15) is 29.8 Å². The predicted octanol–water partition coefficient (Wildman–Crippen LogP) is 3.50. The molecule has 1 atom stereocenters. The number of nitrogens with zero attached hydrogens (tertiary/aromatic N) is 3. The SMILES string of the molecule is Cc1cc(C2=NNC(=NC3CC3)SC2)c(C)n1C[C@H]1COc2ccccc2O1. The minimum absolute atomic E-state index is 0.00868. The molecule has 7 heteroatoms. The number of para-hydroxylation sites is 2.